The van der Waals surface area contributed by atoms with E-state index in [9.17, 15) is 14.0 Å². The zero-order chi connectivity index (χ0) is 27.5. The third-order valence-electron chi connectivity index (χ3n) is 7.64. The summed E-state index contributed by atoms with van der Waals surface area (Å²) in [6.07, 6.45) is 4.53. The van der Waals surface area contributed by atoms with Crippen molar-refractivity contribution in [3.05, 3.63) is 24.7 Å². The smallest absolute Gasteiger partial charge is 0.413 e. The summed E-state index contributed by atoms with van der Waals surface area (Å²) in [6, 6.07) is 0.777. The van der Waals surface area contributed by atoms with Gasteiger partial charge in [-0.3, -0.25) is 10.6 Å². The third kappa shape index (κ3) is 6.10. The normalized spacial score (nSPS) is 26.3. The van der Waals surface area contributed by atoms with Crippen LogP contribution in [0, 0.1) is 5.92 Å². The summed E-state index contributed by atoms with van der Waals surface area (Å²) in [5, 5.41) is 5.33. The monoisotopic (exact) mass is 543 g/mol. The van der Waals surface area contributed by atoms with Gasteiger partial charge in [0.05, 0.1) is 25.0 Å². The number of carbonyl (C=O) groups excluding carboxylic acids is 2. The van der Waals surface area contributed by atoms with Crippen molar-refractivity contribution >= 4 is 29.7 Å². The maximum atomic E-state index is 14.9. The number of aromatic nitrogens is 4. The molecule has 0 aromatic carbocycles. The Morgan fingerprint density at radius 3 is 2.69 bits per heavy atom. The quantitative estimate of drug-likeness (QED) is 0.535. The lowest BCUT2D eigenvalue weighted by Crippen LogP contribution is -2.55. The number of nitrogens with zero attached hydrogens (tertiary/aromatic N) is 7. The van der Waals surface area contributed by atoms with Gasteiger partial charge in [0.1, 0.15) is 18.1 Å². The second-order valence-corrected chi connectivity index (χ2v) is 10.2. The van der Waals surface area contributed by atoms with Gasteiger partial charge in [0.15, 0.2) is 5.82 Å². The Morgan fingerprint density at radius 2 is 2.00 bits per heavy atom. The number of piperidine rings is 2. The molecule has 0 spiro atoms. The summed E-state index contributed by atoms with van der Waals surface area (Å²) in [5.41, 5.74) is 0. The van der Waals surface area contributed by atoms with Crippen LogP contribution in [0.15, 0.2) is 24.7 Å². The van der Waals surface area contributed by atoms with E-state index < -0.39 is 24.3 Å². The van der Waals surface area contributed by atoms with Gasteiger partial charge in [-0.05, 0) is 32.9 Å². The second kappa shape index (κ2) is 11.5. The lowest BCUT2D eigenvalue weighted by atomic mass is 10.0. The van der Waals surface area contributed by atoms with E-state index >= 15 is 0 Å². The lowest BCUT2D eigenvalue weighted by molar-refractivity contribution is 0.0585. The summed E-state index contributed by atoms with van der Waals surface area (Å²) < 4.78 is 25.9. The van der Waals surface area contributed by atoms with Crippen molar-refractivity contribution in [2.24, 2.45) is 5.92 Å². The van der Waals surface area contributed by atoms with E-state index in [0.717, 1.165) is 19.4 Å². The van der Waals surface area contributed by atoms with Crippen molar-refractivity contribution < 1.29 is 23.5 Å². The molecule has 3 fully saturated rings. The van der Waals surface area contributed by atoms with Crippen molar-refractivity contribution in [2.45, 2.75) is 50.5 Å². The Balaban J connectivity index is 1.17. The first-order chi connectivity index (χ1) is 18.8. The zero-order valence-corrected chi connectivity index (χ0v) is 22.3. The highest BCUT2D eigenvalue weighted by Gasteiger charge is 2.45. The number of nitrogens with one attached hydrogen (secondary N) is 2. The average molecular weight is 544 g/mol. The molecule has 2 bridgehead atoms. The molecule has 5 atom stereocenters. The van der Waals surface area contributed by atoms with E-state index in [4.69, 9.17) is 9.47 Å². The SMILES string of the molecule is CCOc1cnc(NC(=O)N(C)[C@H]2CN(c3nccc(NC(=O)O[C@H]4C[C@H]5C[C@@H]4CN5C)n3)CC[C@H]2F)cn1. The number of hydrogen-bond acceptors (Lipinski definition) is 10. The molecule has 39 heavy (non-hydrogen) atoms. The molecule has 1 saturated carbocycles. The Bertz CT molecular complexity index is 1170. The summed E-state index contributed by atoms with van der Waals surface area (Å²) in [5.74, 6) is 1.56. The number of anilines is 3. The number of rotatable bonds is 7. The van der Waals surface area contributed by atoms with Crippen LogP contribution in [-0.2, 0) is 4.74 Å². The van der Waals surface area contributed by atoms with Crippen LogP contribution >= 0.6 is 0 Å². The number of fused-ring (bicyclic) bond motifs is 2. The Morgan fingerprint density at radius 1 is 1.15 bits per heavy atom. The van der Waals surface area contributed by atoms with Gasteiger partial charge in [-0.2, -0.15) is 4.98 Å². The van der Waals surface area contributed by atoms with Crippen LogP contribution in [0.4, 0.5) is 31.6 Å². The molecule has 0 unspecified atom stereocenters. The maximum absolute atomic E-state index is 14.9. The molecule has 5 rings (SSSR count). The molecule has 2 saturated heterocycles. The molecular weight excluding hydrogens is 509 g/mol. The number of likely N-dealkylation sites (N-methyl/N-ethyl adjacent to an activating group) is 1. The number of halogens is 1. The number of likely N-dealkylation sites (tertiary alicyclic amines) is 1. The molecule has 2 aliphatic heterocycles. The van der Waals surface area contributed by atoms with Crippen molar-refractivity contribution in [3.63, 3.8) is 0 Å². The number of carbonyl (C=O) groups is 2. The number of amides is 3. The molecule has 0 radical (unpaired) electrons. The van der Waals surface area contributed by atoms with Gasteiger partial charge in [0.2, 0.25) is 11.8 Å². The first-order valence-electron chi connectivity index (χ1n) is 13.2. The Labute approximate surface area is 226 Å². The fraction of sp³-hybridized carbons (Fsp3) is 0.600. The molecule has 13 nitrogen and oxygen atoms in total. The lowest BCUT2D eigenvalue weighted by Gasteiger charge is -2.39. The van der Waals surface area contributed by atoms with E-state index in [1.807, 2.05) is 6.92 Å². The average Bonchev–Trinajstić information content (AvgIpc) is 3.49. The molecule has 210 valence electrons. The van der Waals surface area contributed by atoms with Crippen LogP contribution in [-0.4, -0.2) is 107 Å². The Hall–Kier alpha value is -3.81. The molecular formula is C25H34FN9O4. The fourth-order valence-corrected chi connectivity index (χ4v) is 5.52. The molecule has 3 amide bonds. The highest BCUT2D eigenvalue weighted by Crippen LogP contribution is 2.38. The van der Waals surface area contributed by atoms with E-state index in [1.165, 1.54) is 30.5 Å². The van der Waals surface area contributed by atoms with Gasteiger partial charge in [-0.25, -0.2) is 28.9 Å². The summed E-state index contributed by atoms with van der Waals surface area (Å²) >= 11 is 0. The molecule has 1 aliphatic carbocycles. The minimum absolute atomic E-state index is 0.0906. The summed E-state index contributed by atoms with van der Waals surface area (Å²) in [4.78, 5) is 47.7. The van der Waals surface area contributed by atoms with E-state index in [-0.39, 0.29) is 24.9 Å². The van der Waals surface area contributed by atoms with Gasteiger partial charge in [0.25, 0.3) is 0 Å². The highest BCUT2D eigenvalue weighted by molar-refractivity contribution is 5.88. The van der Waals surface area contributed by atoms with Crippen LogP contribution in [0.5, 0.6) is 5.88 Å². The minimum Gasteiger partial charge on any atom is -0.477 e. The third-order valence-corrected chi connectivity index (χ3v) is 7.64. The van der Waals surface area contributed by atoms with Crippen molar-refractivity contribution in [1.82, 2.24) is 29.7 Å². The van der Waals surface area contributed by atoms with Crippen molar-refractivity contribution in [1.29, 1.82) is 0 Å². The number of alkyl halides is 1. The van der Waals surface area contributed by atoms with E-state index in [2.05, 4.69) is 42.5 Å². The number of urea groups is 1. The van der Waals surface area contributed by atoms with E-state index in [0.29, 0.717) is 42.8 Å². The van der Waals surface area contributed by atoms with Crippen molar-refractivity contribution in [2.75, 3.05) is 55.9 Å². The summed E-state index contributed by atoms with van der Waals surface area (Å²) in [7, 11) is 3.63. The highest BCUT2D eigenvalue weighted by atomic mass is 19.1. The molecule has 2 N–H and O–H groups in total. The van der Waals surface area contributed by atoms with Crippen LogP contribution in [0.1, 0.15) is 26.2 Å². The van der Waals surface area contributed by atoms with Crippen molar-refractivity contribution in [3.8, 4) is 5.88 Å². The molecule has 4 heterocycles. The summed E-state index contributed by atoms with van der Waals surface area (Å²) in [6.45, 7) is 3.76. The van der Waals surface area contributed by atoms with Crippen LogP contribution < -0.4 is 20.3 Å². The van der Waals surface area contributed by atoms with Gasteiger partial charge in [-0.1, -0.05) is 0 Å². The number of ether oxygens (including phenoxy) is 2. The zero-order valence-electron chi connectivity index (χ0n) is 22.3. The number of hydrogen-bond donors (Lipinski definition) is 2. The van der Waals surface area contributed by atoms with Gasteiger partial charge < -0.3 is 24.2 Å². The molecule has 2 aromatic rings. The van der Waals surface area contributed by atoms with Gasteiger partial charge in [0, 0.05) is 51.3 Å². The predicted octanol–water partition coefficient (Wildman–Crippen LogP) is 2.39. The fourth-order valence-electron chi connectivity index (χ4n) is 5.52. The molecule has 14 heteroatoms. The first kappa shape index (κ1) is 26.8. The van der Waals surface area contributed by atoms with Crippen LogP contribution in [0.25, 0.3) is 0 Å². The minimum atomic E-state index is -1.24. The second-order valence-electron chi connectivity index (χ2n) is 10.2. The molecule has 2 aromatic heterocycles. The van der Waals surface area contributed by atoms with Gasteiger partial charge >= 0.3 is 12.1 Å². The van der Waals surface area contributed by atoms with Crippen LogP contribution in [0.2, 0.25) is 0 Å². The molecule has 3 aliphatic rings. The standard InChI is InChI=1S/C25H34FN9O4/c1-4-38-22-12-28-21(11-29-22)31-24(36)34(3)18-14-35(8-6-17(18)26)23-27-7-5-20(30-23)32-25(37)39-19-10-16-9-15(19)13-33(16)2/h5,7,11-12,15-19H,4,6,8-10,13-14H2,1-3H3,(H,28,31,36)(H,27,30,32,37)/t15-,16-,17-,18+,19+/m1/s1. The Kier molecular flexibility index (Phi) is 7.91. The first-order valence-corrected chi connectivity index (χ1v) is 13.2. The predicted molar refractivity (Wildman–Crippen MR) is 141 cm³/mol. The van der Waals surface area contributed by atoms with E-state index in [1.54, 1.807) is 11.0 Å². The van der Waals surface area contributed by atoms with Crippen LogP contribution in [0.3, 0.4) is 0 Å². The van der Waals surface area contributed by atoms with Gasteiger partial charge in [-0.15, -0.1) is 0 Å². The largest absolute Gasteiger partial charge is 0.477 e. The topological polar surface area (TPSA) is 138 Å². The maximum Gasteiger partial charge on any atom is 0.413 e.